The normalized spacial score (nSPS) is 11.3. The van der Waals surface area contributed by atoms with Gasteiger partial charge in [-0.15, -0.1) is 0 Å². The average molecular weight is 646 g/mol. The summed E-state index contributed by atoms with van der Waals surface area (Å²) in [6, 6.07) is 18.8. The molecule has 6 nitrogen and oxygen atoms in total. The van der Waals surface area contributed by atoms with Gasteiger partial charge in [-0.1, -0.05) is 47.5 Å². The molecule has 188 valence electrons. The summed E-state index contributed by atoms with van der Waals surface area (Å²) >= 11 is 14.2. The number of aromatic amines is 1. The summed E-state index contributed by atoms with van der Waals surface area (Å²) in [5.41, 5.74) is 3.66. The van der Waals surface area contributed by atoms with Crippen molar-refractivity contribution in [1.29, 1.82) is 5.26 Å². The minimum absolute atomic E-state index is 0.00116. The third kappa shape index (κ3) is 6.58. The number of hydrogen-bond acceptors (Lipinski definition) is 4. The van der Waals surface area contributed by atoms with E-state index in [0.717, 1.165) is 25.6 Å². The Labute approximate surface area is 238 Å². The predicted molar refractivity (Wildman–Crippen MR) is 155 cm³/mol. The van der Waals surface area contributed by atoms with E-state index >= 15 is 0 Å². The van der Waals surface area contributed by atoms with Crippen molar-refractivity contribution in [1.82, 2.24) is 10.3 Å². The highest BCUT2D eigenvalue weighted by atomic mass is 127. The van der Waals surface area contributed by atoms with Gasteiger partial charge in [0.05, 0.1) is 20.7 Å². The van der Waals surface area contributed by atoms with Crippen molar-refractivity contribution in [2.75, 3.05) is 13.7 Å². The zero-order valence-electron chi connectivity index (χ0n) is 19.8. The van der Waals surface area contributed by atoms with Crippen LogP contribution in [0.3, 0.4) is 0 Å². The number of nitrogens with one attached hydrogen (secondary N) is 2. The molecule has 0 saturated carbocycles. The maximum Gasteiger partial charge on any atom is 0.261 e. The number of nitriles is 1. The van der Waals surface area contributed by atoms with Gasteiger partial charge in [-0.05, 0) is 82.1 Å². The van der Waals surface area contributed by atoms with Crippen molar-refractivity contribution >= 4 is 68.7 Å². The highest BCUT2D eigenvalue weighted by molar-refractivity contribution is 14.1. The van der Waals surface area contributed by atoms with E-state index in [0.29, 0.717) is 40.1 Å². The third-order valence-electron chi connectivity index (χ3n) is 5.65. The monoisotopic (exact) mass is 645 g/mol. The molecule has 1 aromatic heterocycles. The molecule has 0 aliphatic heterocycles. The lowest BCUT2D eigenvalue weighted by Gasteiger charge is -2.14. The molecular weight excluding hydrogens is 624 g/mol. The Bertz CT molecular complexity index is 1530. The number of para-hydroxylation sites is 1. The molecule has 0 radical (unpaired) electrons. The lowest BCUT2D eigenvalue weighted by atomic mass is 10.1. The number of halogens is 3. The molecule has 0 unspecified atom stereocenters. The summed E-state index contributed by atoms with van der Waals surface area (Å²) in [4.78, 5) is 15.9. The summed E-state index contributed by atoms with van der Waals surface area (Å²) < 4.78 is 12.3. The minimum Gasteiger partial charge on any atom is -0.493 e. The first-order valence-corrected chi connectivity index (χ1v) is 13.1. The topological polar surface area (TPSA) is 87.1 Å². The van der Waals surface area contributed by atoms with Crippen molar-refractivity contribution in [3.05, 3.63) is 96.7 Å². The molecule has 0 fully saturated rings. The predicted octanol–water partition coefficient (Wildman–Crippen LogP) is 6.93. The van der Waals surface area contributed by atoms with Crippen LogP contribution in [0.1, 0.15) is 16.7 Å². The van der Waals surface area contributed by atoms with Gasteiger partial charge in [-0.3, -0.25) is 4.79 Å². The summed E-state index contributed by atoms with van der Waals surface area (Å²) in [7, 11) is 1.54. The molecule has 4 aromatic rings. The Kier molecular flexibility index (Phi) is 8.98. The van der Waals surface area contributed by atoms with Crippen molar-refractivity contribution < 1.29 is 14.3 Å². The SMILES string of the molecule is COc1cc(/C=C(/C#N)C(=O)NCCc2c[nH]c3ccccc23)cc(I)c1OCc1ccc(Cl)c(Cl)c1. The Morgan fingerprint density at radius 2 is 1.97 bits per heavy atom. The maximum absolute atomic E-state index is 12.7. The largest absolute Gasteiger partial charge is 0.493 e. The zero-order chi connectivity index (χ0) is 26.4. The van der Waals surface area contributed by atoms with Gasteiger partial charge in [0.1, 0.15) is 18.2 Å². The zero-order valence-corrected chi connectivity index (χ0v) is 23.4. The van der Waals surface area contributed by atoms with Gasteiger partial charge >= 0.3 is 0 Å². The molecule has 1 heterocycles. The van der Waals surface area contributed by atoms with E-state index in [9.17, 15) is 10.1 Å². The summed E-state index contributed by atoms with van der Waals surface area (Å²) in [6.07, 6.45) is 4.12. The fourth-order valence-electron chi connectivity index (χ4n) is 3.81. The van der Waals surface area contributed by atoms with E-state index in [4.69, 9.17) is 32.7 Å². The molecule has 0 aliphatic carbocycles. The summed E-state index contributed by atoms with van der Waals surface area (Å²) in [5.74, 6) is 0.597. The number of aromatic nitrogens is 1. The highest BCUT2D eigenvalue weighted by Crippen LogP contribution is 2.35. The number of methoxy groups -OCH3 is 1. The van der Waals surface area contributed by atoms with E-state index < -0.39 is 5.91 Å². The lowest BCUT2D eigenvalue weighted by molar-refractivity contribution is -0.117. The lowest BCUT2D eigenvalue weighted by Crippen LogP contribution is -2.26. The molecule has 4 rings (SSSR count). The van der Waals surface area contributed by atoms with Gasteiger partial charge in [0.25, 0.3) is 5.91 Å². The maximum atomic E-state index is 12.7. The first-order valence-electron chi connectivity index (χ1n) is 11.3. The van der Waals surface area contributed by atoms with Crippen LogP contribution < -0.4 is 14.8 Å². The van der Waals surface area contributed by atoms with Crippen LogP contribution in [0.5, 0.6) is 11.5 Å². The van der Waals surface area contributed by atoms with Crippen molar-refractivity contribution in [3.63, 3.8) is 0 Å². The van der Waals surface area contributed by atoms with E-state index in [-0.39, 0.29) is 12.2 Å². The number of fused-ring (bicyclic) bond motifs is 1. The minimum atomic E-state index is -0.434. The molecule has 2 N–H and O–H groups in total. The van der Waals surface area contributed by atoms with Crippen LogP contribution in [-0.2, 0) is 17.8 Å². The summed E-state index contributed by atoms with van der Waals surface area (Å²) in [5, 5.41) is 14.5. The Balaban J connectivity index is 1.44. The molecule has 9 heteroatoms. The molecule has 1 amide bonds. The summed E-state index contributed by atoms with van der Waals surface area (Å²) in [6.45, 7) is 0.669. The smallest absolute Gasteiger partial charge is 0.261 e. The third-order valence-corrected chi connectivity index (χ3v) is 7.19. The standard InChI is InChI=1S/C28H22Cl2IN3O3/c1-36-26-13-18(12-24(31)27(26)37-16-17-6-7-22(29)23(30)11-17)10-20(14-32)28(35)33-9-8-19-15-34-25-5-3-2-4-21(19)25/h2-7,10-13,15,34H,8-9,16H2,1H3,(H,33,35)/b20-10-. The van der Waals surface area contributed by atoms with E-state index in [1.807, 2.05) is 48.7 Å². The Hall–Kier alpha value is -3.19. The Morgan fingerprint density at radius 1 is 1.16 bits per heavy atom. The number of benzene rings is 3. The highest BCUT2D eigenvalue weighted by Gasteiger charge is 2.15. The molecule has 37 heavy (non-hydrogen) atoms. The van der Waals surface area contributed by atoms with Crippen LogP contribution in [0.4, 0.5) is 0 Å². The van der Waals surface area contributed by atoms with Gasteiger partial charge in [0.2, 0.25) is 0 Å². The number of rotatable bonds is 9. The van der Waals surface area contributed by atoms with E-state index in [1.165, 1.54) is 13.2 Å². The number of ether oxygens (including phenoxy) is 2. The van der Waals surface area contributed by atoms with Crippen molar-refractivity contribution in [2.45, 2.75) is 13.0 Å². The van der Waals surface area contributed by atoms with E-state index in [1.54, 1.807) is 18.2 Å². The first-order chi connectivity index (χ1) is 17.9. The second kappa shape index (κ2) is 12.4. The van der Waals surface area contributed by atoms with Crippen molar-refractivity contribution in [3.8, 4) is 17.6 Å². The molecule has 0 bridgehead atoms. The van der Waals surface area contributed by atoms with Crippen LogP contribution >= 0.6 is 45.8 Å². The van der Waals surface area contributed by atoms with Gasteiger partial charge in [0.15, 0.2) is 11.5 Å². The van der Waals surface area contributed by atoms with Crippen LogP contribution in [0, 0.1) is 14.9 Å². The van der Waals surface area contributed by atoms with E-state index in [2.05, 4.69) is 32.9 Å². The number of amides is 1. The van der Waals surface area contributed by atoms with Gasteiger partial charge < -0.3 is 19.8 Å². The second-order valence-corrected chi connectivity index (χ2v) is 10.1. The van der Waals surface area contributed by atoms with Crippen LogP contribution in [0.15, 0.2) is 66.4 Å². The van der Waals surface area contributed by atoms with Gasteiger partial charge in [-0.25, -0.2) is 0 Å². The number of H-pyrrole nitrogens is 1. The van der Waals surface area contributed by atoms with Crippen LogP contribution in [0.25, 0.3) is 17.0 Å². The molecular formula is C28H22Cl2IN3O3. The number of carbonyl (C=O) groups is 1. The number of nitrogens with zero attached hydrogens (tertiary/aromatic N) is 1. The van der Waals surface area contributed by atoms with Gasteiger partial charge in [-0.2, -0.15) is 5.26 Å². The second-order valence-electron chi connectivity index (χ2n) is 8.11. The van der Waals surface area contributed by atoms with Crippen LogP contribution in [-0.4, -0.2) is 24.5 Å². The fourth-order valence-corrected chi connectivity index (χ4v) is 4.91. The van der Waals surface area contributed by atoms with Gasteiger partial charge in [0, 0.05) is 23.6 Å². The molecule has 0 atom stereocenters. The molecule has 3 aromatic carbocycles. The quantitative estimate of drug-likeness (QED) is 0.117. The molecule has 0 aliphatic rings. The molecule has 0 spiro atoms. The first kappa shape index (κ1) is 26.9. The Morgan fingerprint density at radius 3 is 2.73 bits per heavy atom. The molecule has 0 saturated heterocycles. The number of carbonyl (C=O) groups excluding carboxylic acids is 1. The van der Waals surface area contributed by atoms with Crippen molar-refractivity contribution in [2.24, 2.45) is 0 Å². The van der Waals surface area contributed by atoms with Crippen LogP contribution in [0.2, 0.25) is 10.0 Å². The average Bonchev–Trinajstić information content (AvgIpc) is 3.31. The fraction of sp³-hybridized carbons (Fsp3) is 0.143. The number of hydrogen-bond donors (Lipinski definition) is 2.